The van der Waals surface area contributed by atoms with Crippen LogP contribution in [-0.4, -0.2) is 23.4 Å². The predicted molar refractivity (Wildman–Crippen MR) is 114 cm³/mol. The highest BCUT2D eigenvalue weighted by atomic mass is 16.5. The number of aromatic hydroxyl groups is 1. The minimum Gasteiger partial charge on any atom is -0.507 e. The lowest BCUT2D eigenvalue weighted by molar-refractivity contribution is 0.184. The molecule has 0 atom stereocenters. The molecule has 0 fully saturated rings. The maximum absolute atomic E-state index is 10.1. The number of anilines is 1. The number of pyridine rings is 1. The summed E-state index contributed by atoms with van der Waals surface area (Å²) < 4.78 is 5.14. The van der Waals surface area contributed by atoms with E-state index in [4.69, 9.17) is 4.74 Å². The van der Waals surface area contributed by atoms with Crippen LogP contribution in [0.2, 0.25) is 0 Å². The fraction of sp³-hybridized carbons (Fsp3) is 0.136. The number of phenols is 1. The van der Waals surface area contributed by atoms with Gasteiger partial charge < -0.3 is 9.84 Å². The van der Waals surface area contributed by atoms with Gasteiger partial charge in [0.15, 0.2) is 5.82 Å². The van der Waals surface area contributed by atoms with Gasteiger partial charge in [-0.15, -0.1) is 0 Å². The lowest BCUT2D eigenvalue weighted by Gasteiger charge is -2.09. The number of azo groups is 1. The summed E-state index contributed by atoms with van der Waals surface area (Å²) in [6.45, 7) is 2.11. The maximum atomic E-state index is 10.1. The largest absolute Gasteiger partial charge is 0.507 e. The number of aryl methyl sites for hydroxylation is 1. The van der Waals surface area contributed by atoms with Crippen LogP contribution in [0, 0.1) is 18.3 Å². The van der Waals surface area contributed by atoms with Crippen molar-refractivity contribution in [2.75, 3.05) is 12.5 Å². The molecule has 0 saturated carbocycles. The van der Waals surface area contributed by atoms with Crippen molar-refractivity contribution in [3.05, 3.63) is 77.0 Å². The van der Waals surface area contributed by atoms with Gasteiger partial charge in [0.05, 0.1) is 24.2 Å². The SMILES string of the molecule is COCc1cc(C)nc(NN=Cc2cc(N=Nc3ccccc3)ccc2O)c1C#N. The minimum absolute atomic E-state index is 0.0389. The average Bonchev–Trinajstić information content (AvgIpc) is 2.75. The Labute approximate surface area is 174 Å². The summed E-state index contributed by atoms with van der Waals surface area (Å²) in [5, 5.41) is 32.0. The fourth-order valence-corrected chi connectivity index (χ4v) is 2.70. The lowest BCUT2D eigenvalue weighted by Crippen LogP contribution is -2.03. The van der Waals surface area contributed by atoms with Crippen LogP contribution in [0.3, 0.4) is 0 Å². The topological polar surface area (TPSA) is 115 Å². The van der Waals surface area contributed by atoms with Crippen LogP contribution in [-0.2, 0) is 11.3 Å². The molecular weight excluding hydrogens is 380 g/mol. The Balaban J connectivity index is 1.80. The number of hydrogen-bond donors (Lipinski definition) is 2. The molecule has 0 aliphatic carbocycles. The second-order valence-electron chi connectivity index (χ2n) is 6.34. The molecule has 3 rings (SSSR count). The zero-order valence-electron chi connectivity index (χ0n) is 16.6. The van der Waals surface area contributed by atoms with Crippen molar-refractivity contribution in [2.45, 2.75) is 13.5 Å². The highest BCUT2D eigenvalue weighted by Gasteiger charge is 2.11. The maximum Gasteiger partial charge on any atom is 0.164 e. The average molecular weight is 400 g/mol. The van der Waals surface area contributed by atoms with E-state index < -0.39 is 0 Å². The van der Waals surface area contributed by atoms with Crippen molar-refractivity contribution in [3.63, 3.8) is 0 Å². The van der Waals surface area contributed by atoms with Gasteiger partial charge in [0.25, 0.3) is 0 Å². The van der Waals surface area contributed by atoms with Crippen molar-refractivity contribution < 1.29 is 9.84 Å². The van der Waals surface area contributed by atoms with E-state index in [-0.39, 0.29) is 5.75 Å². The summed E-state index contributed by atoms with van der Waals surface area (Å²) in [5.41, 5.74) is 6.30. The Morgan fingerprint density at radius 2 is 1.90 bits per heavy atom. The second-order valence-corrected chi connectivity index (χ2v) is 6.34. The highest BCUT2D eigenvalue weighted by molar-refractivity contribution is 5.85. The molecule has 150 valence electrons. The zero-order valence-corrected chi connectivity index (χ0v) is 16.6. The van der Waals surface area contributed by atoms with E-state index in [0.29, 0.717) is 29.2 Å². The molecule has 0 aliphatic rings. The number of hydrazone groups is 1. The molecule has 0 radical (unpaired) electrons. The molecule has 0 saturated heterocycles. The van der Waals surface area contributed by atoms with Gasteiger partial charge in [-0.1, -0.05) is 18.2 Å². The molecule has 3 aromatic rings. The Kier molecular flexibility index (Phi) is 6.82. The van der Waals surface area contributed by atoms with E-state index in [1.54, 1.807) is 25.3 Å². The number of methoxy groups -OCH3 is 1. The summed E-state index contributed by atoms with van der Waals surface area (Å²) in [5.74, 6) is 0.359. The smallest absolute Gasteiger partial charge is 0.164 e. The van der Waals surface area contributed by atoms with Crippen molar-refractivity contribution in [3.8, 4) is 11.8 Å². The molecule has 0 unspecified atom stereocenters. The minimum atomic E-state index is 0.0389. The quantitative estimate of drug-likeness (QED) is 0.330. The molecular formula is C22H20N6O2. The first-order valence-corrected chi connectivity index (χ1v) is 9.09. The van der Waals surface area contributed by atoms with E-state index in [9.17, 15) is 10.4 Å². The summed E-state index contributed by atoms with van der Waals surface area (Å²) >= 11 is 0. The van der Waals surface area contributed by atoms with Crippen LogP contribution < -0.4 is 5.43 Å². The van der Waals surface area contributed by atoms with Crippen molar-refractivity contribution >= 4 is 23.4 Å². The molecule has 0 amide bonds. The molecule has 0 bridgehead atoms. The number of aromatic nitrogens is 1. The molecule has 8 nitrogen and oxygen atoms in total. The third-order valence-corrected chi connectivity index (χ3v) is 4.06. The van der Waals surface area contributed by atoms with Crippen LogP contribution >= 0.6 is 0 Å². The first-order chi connectivity index (χ1) is 14.6. The summed E-state index contributed by atoms with van der Waals surface area (Å²) in [6, 6.07) is 18.1. The number of phenolic OH excluding ortho intramolecular Hbond substituents is 1. The number of nitrogens with one attached hydrogen (secondary N) is 1. The summed E-state index contributed by atoms with van der Waals surface area (Å²) in [4.78, 5) is 4.32. The van der Waals surface area contributed by atoms with Gasteiger partial charge in [-0.2, -0.15) is 20.6 Å². The van der Waals surface area contributed by atoms with E-state index in [0.717, 1.165) is 16.9 Å². The van der Waals surface area contributed by atoms with Gasteiger partial charge in [0, 0.05) is 23.9 Å². The van der Waals surface area contributed by atoms with Crippen LogP contribution in [0.15, 0.2) is 69.9 Å². The van der Waals surface area contributed by atoms with Gasteiger partial charge in [-0.05, 0) is 43.3 Å². The third kappa shape index (κ3) is 5.25. The third-order valence-electron chi connectivity index (χ3n) is 4.06. The molecule has 1 aromatic heterocycles. The van der Waals surface area contributed by atoms with E-state index in [1.165, 1.54) is 12.3 Å². The van der Waals surface area contributed by atoms with Crippen LogP contribution in [0.5, 0.6) is 5.75 Å². The molecule has 8 heteroatoms. The molecule has 1 heterocycles. The van der Waals surface area contributed by atoms with Crippen LogP contribution in [0.1, 0.15) is 22.4 Å². The Morgan fingerprint density at radius 3 is 2.63 bits per heavy atom. The summed E-state index contributed by atoms with van der Waals surface area (Å²) in [6.07, 6.45) is 1.43. The number of hydrogen-bond acceptors (Lipinski definition) is 8. The zero-order chi connectivity index (χ0) is 21.3. The highest BCUT2D eigenvalue weighted by Crippen LogP contribution is 2.24. The van der Waals surface area contributed by atoms with Gasteiger partial charge in [-0.3, -0.25) is 5.43 Å². The van der Waals surface area contributed by atoms with E-state index in [1.807, 2.05) is 37.3 Å². The first-order valence-electron chi connectivity index (χ1n) is 9.09. The van der Waals surface area contributed by atoms with Crippen LogP contribution in [0.25, 0.3) is 0 Å². The first kappa shape index (κ1) is 20.6. The molecule has 0 aliphatic heterocycles. The normalized spacial score (nSPS) is 11.1. The Morgan fingerprint density at radius 1 is 1.13 bits per heavy atom. The van der Waals surface area contributed by atoms with E-state index >= 15 is 0 Å². The van der Waals surface area contributed by atoms with Gasteiger partial charge in [-0.25, -0.2) is 4.98 Å². The second kappa shape index (κ2) is 9.91. The van der Waals surface area contributed by atoms with Crippen molar-refractivity contribution in [1.29, 1.82) is 5.26 Å². The molecule has 0 spiro atoms. The van der Waals surface area contributed by atoms with Gasteiger partial charge in [0.2, 0.25) is 0 Å². The number of nitriles is 1. The fourth-order valence-electron chi connectivity index (χ4n) is 2.70. The lowest BCUT2D eigenvalue weighted by atomic mass is 10.1. The summed E-state index contributed by atoms with van der Waals surface area (Å²) in [7, 11) is 1.56. The predicted octanol–water partition coefficient (Wildman–Crippen LogP) is 4.98. The van der Waals surface area contributed by atoms with Crippen molar-refractivity contribution in [1.82, 2.24) is 4.98 Å². The molecule has 30 heavy (non-hydrogen) atoms. The molecule has 2 aromatic carbocycles. The van der Waals surface area contributed by atoms with E-state index in [2.05, 4.69) is 31.8 Å². The van der Waals surface area contributed by atoms with Crippen molar-refractivity contribution in [2.24, 2.45) is 15.3 Å². The number of nitrogens with zero attached hydrogens (tertiary/aromatic N) is 5. The molecule has 2 N–H and O–H groups in total. The van der Waals surface area contributed by atoms with Crippen LogP contribution in [0.4, 0.5) is 17.2 Å². The Bertz CT molecular complexity index is 1120. The monoisotopic (exact) mass is 400 g/mol. The number of ether oxygens (including phenoxy) is 1. The van der Waals surface area contributed by atoms with Gasteiger partial charge >= 0.3 is 0 Å². The Hall–Kier alpha value is -4.09. The number of benzene rings is 2. The number of rotatable bonds is 7. The standard InChI is InChI=1S/C22H20N6O2/c1-15-10-17(14-30-2)20(12-23)22(25-15)28-24-13-16-11-19(8-9-21(16)29)27-26-18-6-4-3-5-7-18/h3-11,13,29H,14H2,1-2H3,(H,25,28). The van der Waals surface area contributed by atoms with Gasteiger partial charge in [0.1, 0.15) is 17.4 Å².